The van der Waals surface area contributed by atoms with Crippen molar-refractivity contribution in [2.75, 3.05) is 51.9 Å². The zero-order valence-electron chi connectivity index (χ0n) is 19.3. The third-order valence-corrected chi connectivity index (χ3v) is 6.08. The van der Waals surface area contributed by atoms with Gasteiger partial charge < -0.3 is 29.4 Å². The Hall–Kier alpha value is -3.52. The summed E-state index contributed by atoms with van der Waals surface area (Å²) in [5.74, 6) is 2.78. The first kappa shape index (κ1) is 21.3. The van der Waals surface area contributed by atoms with E-state index >= 15 is 0 Å². The number of allylic oxidation sites excluding steroid dienone is 4. The lowest BCUT2D eigenvalue weighted by Gasteiger charge is -2.27. The first-order chi connectivity index (χ1) is 16.2. The minimum Gasteiger partial charge on any atom is -0.493 e. The van der Waals surface area contributed by atoms with E-state index in [-0.39, 0.29) is 0 Å². The molecule has 1 aliphatic carbocycles. The lowest BCUT2D eigenvalue weighted by molar-refractivity contribution is 0.220. The first-order valence-corrected chi connectivity index (χ1v) is 11.3. The van der Waals surface area contributed by atoms with Crippen molar-refractivity contribution >= 4 is 33.5 Å². The summed E-state index contributed by atoms with van der Waals surface area (Å²) in [7, 11) is 3.31. The van der Waals surface area contributed by atoms with E-state index in [1.165, 1.54) is 5.57 Å². The van der Waals surface area contributed by atoms with Gasteiger partial charge in [0.1, 0.15) is 11.0 Å². The highest BCUT2D eigenvalue weighted by Crippen LogP contribution is 2.34. The van der Waals surface area contributed by atoms with Crippen molar-refractivity contribution in [2.45, 2.75) is 13.3 Å². The van der Waals surface area contributed by atoms with Crippen molar-refractivity contribution < 1.29 is 14.2 Å². The molecular formula is C25H29N5O3. The summed E-state index contributed by atoms with van der Waals surface area (Å²) in [5, 5.41) is 4.44. The second-order valence-electron chi connectivity index (χ2n) is 8.01. The lowest BCUT2D eigenvalue weighted by Crippen LogP contribution is -2.44. The highest BCUT2D eigenvalue weighted by atomic mass is 16.5. The Kier molecular flexibility index (Phi) is 5.92. The standard InChI is InChI=1S/C25H29N5O3/c1-4-33-24-23-22(28-25(29-24)30-13-11-26-12-14-30)18-8-5-17(15-19(18)27-23)16-6-9-20(31-2)21(32-3)10-7-16/h5-6,8-10,15,26-27H,4,7,11-14H2,1-3H3. The number of piperazine rings is 1. The van der Waals surface area contributed by atoms with Gasteiger partial charge in [-0.2, -0.15) is 4.98 Å². The molecule has 172 valence electrons. The van der Waals surface area contributed by atoms with Gasteiger partial charge in [-0.25, -0.2) is 4.98 Å². The molecule has 0 atom stereocenters. The summed E-state index contributed by atoms with van der Waals surface area (Å²) in [4.78, 5) is 15.4. The van der Waals surface area contributed by atoms with Crippen LogP contribution in [0.1, 0.15) is 18.9 Å². The van der Waals surface area contributed by atoms with Crippen LogP contribution in [0.4, 0.5) is 5.95 Å². The fourth-order valence-electron chi connectivity index (χ4n) is 4.37. The fraction of sp³-hybridized carbons (Fsp3) is 0.360. The predicted octanol–water partition coefficient (Wildman–Crippen LogP) is 3.77. The molecule has 2 N–H and O–H groups in total. The lowest BCUT2D eigenvalue weighted by atomic mass is 10.0. The van der Waals surface area contributed by atoms with Crippen molar-refractivity contribution in [1.29, 1.82) is 0 Å². The zero-order valence-corrected chi connectivity index (χ0v) is 19.3. The van der Waals surface area contributed by atoms with Crippen LogP contribution in [0.5, 0.6) is 5.88 Å². The molecule has 1 aliphatic heterocycles. The third-order valence-electron chi connectivity index (χ3n) is 6.08. The number of hydrogen-bond donors (Lipinski definition) is 2. The average molecular weight is 448 g/mol. The third kappa shape index (κ3) is 4.02. The molecule has 8 heteroatoms. The van der Waals surface area contributed by atoms with Crippen molar-refractivity contribution in [3.63, 3.8) is 0 Å². The van der Waals surface area contributed by atoms with Crippen LogP contribution in [0.15, 0.2) is 47.9 Å². The van der Waals surface area contributed by atoms with Gasteiger partial charge in [-0.05, 0) is 42.7 Å². The molecule has 8 nitrogen and oxygen atoms in total. The fourth-order valence-corrected chi connectivity index (χ4v) is 4.37. The number of nitrogens with zero attached hydrogens (tertiary/aromatic N) is 3. The number of nitrogens with one attached hydrogen (secondary N) is 2. The maximum Gasteiger partial charge on any atom is 0.243 e. The Morgan fingerprint density at radius 3 is 2.61 bits per heavy atom. The van der Waals surface area contributed by atoms with Crippen LogP contribution in [0.3, 0.4) is 0 Å². The summed E-state index contributed by atoms with van der Waals surface area (Å²) >= 11 is 0. The van der Waals surface area contributed by atoms with Gasteiger partial charge >= 0.3 is 0 Å². The van der Waals surface area contributed by atoms with Gasteiger partial charge in [0.25, 0.3) is 0 Å². The quantitative estimate of drug-likeness (QED) is 0.595. The van der Waals surface area contributed by atoms with Crippen LogP contribution in [-0.4, -0.2) is 62.0 Å². The van der Waals surface area contributed by atoms with Gasteiger partial charge in [0.15, 0.2) is 11.5 Å². The molecule has 0 amide bonds. The average Bonchev–Trinajstić information content (AvgIpc) is 3.09. The van der Waals surface area contributed by atoms with E-state index in [1.807, 2.05) is 19.1 Å². The predicted molar refractivity (Wildman–Crippen MR) is 130 cm³/mol. The van der Waals surface area contributed by atoms with Crippen molar-refractivity contribution in [1.82, 2.24) is 20.3 Å². The summed E-state index contributed by atoms with van der Waals surface area (Å²) in [5.41, 5.74) is 5.03. The van der Waals surface area contributed by atoms with E-state index in [9.17, 15) is 0 Å². The Bertz CT molecular complexity index is 1270. The summed E-state index contributed by atoms with van der Waals surface area (Å²) in [6.45, 7) is 6.13. The van der Waals surface area contributed by atoms with Crippen molar-refractivity contribution in [3.8, 4) is 5.88 Å². The smallest absolute Gasteiger partial charge is 0.243 e. The highest BCUT2D eigenvalue weighted by Gasteiger charge is 2.20. The molecule has 5 rings (SSSR count). The number of methoxy groups -OCH3 is 2. The molecule has 3 heterocycles. The molecule has 0 unspecified atom stereocenters. The number of aromatic nitrogens is 3. The van der Waals surface area contributed by atoms with E-state index in [0.717, 1.165) is 77.6 Å². The SMILES string of the molecule is CCOc1nc(N2CCNCC2)nc2c1[nH]c1cc(C3=CC=C(OC)C(OC)=CC3)ccc12. The number of aromatic amines is 1. The van der Waals surface area contributed by atoms with Crippen molar-refractivity contribution in [2.24, 2.45) is 0 Å². The minimum atomic E-state index is 0.545. The number of benzene rings is 1. The normalized spacial score (nSPS) is 16.8. The second-order valence-corrected chi connectivity index (χ2v) is 8.01. The van der Waals surface area contributed by atoms with Gasteiger partial charge in [-0.3, -0.25) is 0 Å². The topological polar surface area (TPSA) is 84.5 Å². The zero-order chi connectivity index (χ0) is 22.8. The van der Waals surface area contributed by atoms with Gasteiger partial charge in [0, 0.05) is 37.1 Å². The Morgan fingerprint density at radius 2 is 1.85 bits per heavy atom. The van der Waals surface area contributed by atoms with E-state index < -0.39 is 0 Å². The Balaban J connectivity index is 1.58. The molecular weight excluding hydrogens is 418 g/mol. The van der Waals surface area contributed by atoms with Crippen LogP contribution in [-0.2, 0) is 9.47 Å². The molecule has 0 bridgehead atoms. The number of ether oxygens (including phenoxy) is 3. The number of rotatable bonds is 6. The molecule has 33 heavy (non-hydrogen) atoms. The van der Waals surface area contributed by atoms with Gasteiger partial charge in [0.05, 0.1) is 20.8 Å². The van der Waals surface area contributed by atoms with E-state index in [4.69, 9.17) is 24.2 Å². The summed E-state index contributed by atoms with van der Waals surface area (Å²) in [6.07, 6.45) is 6.82. The Labute approximate surface area is 192 Å². The maximum atomic E-state index is 5.91. The largest absolute Gasteiger partial charge is 0.493 e. The van der Waals surface area contributed by atoms with E-state index in [2.05, 4.69) is 39.5 Å². The molecule has 2 aliphatic rings. The molecule has 1 aromatic carbocycles. The first-order valence-electron chi connectivity index (χ1n) is 11.3. The van der Waals surface area contributed by atoms with Gasteiger partial charge in [-0.1, -0.05) is 18.2 Å². The molecule has 0 saturated carbocycles. The summed E-state index contributed by atoms with van der Waals surface area (Å²) in [6, 6.07) is 6.43. The van der Waals surface area contributed by atoms with Crippen LogP contribution in [0.25, 0.3) is 27.5 Å². The minimum absolute atomic E-state index is 0.545. The number of hydrogen-bond acceptors (Lipinski definition) is 7. The van der Waals surface area contributed by atoms with Crippen LogP contribution < -0.4 is 15.0 Å². The number of fused-ring (bicyclic) bond motifs is 3. The molecule has 0 spiro atoms. The molecule has 3 aromatic rings. The van der Waals surface area contributed by atoms with E-state index in [1.54, 1.807) is 14.2 Å². The highest BCUT2D eigenvalue weighted by molar-refractivity contribution is 6.07. The monoisotopic (exact) mass is 447 g/mol. The van der Waals surface area contributed by atoms with Crippen molar-refractivity contribution in [3.05, 3.63) is 53.5 Å². The van der Waals surface area contributed by atoms with Gasteiger partial charge in [0.2, 0.25) is 11.8 Å². The Morgan fingerprint density at radius 1 is 1.03 bits per heavy atom. The van der Waals surface area contributed by atoms with Crippen LogP contribution in [0.2, 0.25) is 0 Å². The van der Waals surface area contributed by atoms with Gasteiger partial charge in [-0.15, -0.1) is 0 Å². The van der Waals surface area contributed by atoms with Crippen LogP contribution in [0, 0.1) is 0 Å². The number of anilines is 1. The molecule has 2 aromatic heterocycles. The maximum absolute atomic E-state index is 5.91. The second kappa shape index (κ2) is 9.15. The van der Waals surface area contributed by atoms with E-state index in [0.29, 0.717) is 12.5 Å². The summed E-state index contributed by atoms with van der Waals surface area (Å²) < 4.78 is 16.8. The number of H-pyrrole nitrogens is 1. The molecule has 1 fully saturated rings. The molecule has 1 saturated heterocycles. The van der Waals surface area contributed by atoms with Crippen LogP contribution >= 0.6 is 0 Å². The molecule has 0 radical (unpaired) electrons.